The summed E-state index contributed by atoms with van der Waals surface area (Å²) in [6.45, 7) is 2.06. The van der Waals surface area contributed by atoms with E-state index in [-0.39, 0.29) is 18.1 Å². The third-order valence-electron chi connectivity index (χ3n) is 3.52. The predicted octanol–water partition coefficient (Wildman–Crippen LogP) is 3.49. The van der Waals surface area contributed by atoms with Gasteiger partial charge in [-0.05, 0) is 49.6 Å². The summed E-state index contributed by atoms with van der Waals surface area (Å²) in [7, 11) is 0. The van der Waals surface area contributed by atoms with Crippen LogP contribution in [0.15, 0.2) is 23.1 Å². The fourth-order valence-corrected chi connectivity index (χ4v) is 3.40. The van der Waals surface area contributed by atoms with E-state index in [1.807, 2.05) is 12.1 Å². The Balaban J connectivity index is 2.06. The number of hydrogen-bond acceptors (Lipinski definition) is 3. The Morgan fingerprint density at radius 2 is 2.10 bits per heavy atom. The molecule has 0 unspecified atom stereocenters. The Morgan fingerprint density at radius 1 is 1.40 bits per heavy atom. The Morgan fingerprint density at radius 3 is 2.75 bits per heavy atom. The lowest BCUT2D eigenvalue weighted by molar-refractivity contribution is 0.0865. The number of carbonyl (C=O) groups excluding carboxylic acids is 1. The lowest BCUT2D eigenvalue weighted by Gasteiger charge is -2.26. The van der Waals surface area contributed by atoms with Crippen molar-refractivity contribution in [2.24, 2.45) is 0 Å². The second kappa shape index (κ2) is 7.34. The number of aliphatic hydroxyl groups excluding tert-OH is 1. The van der Waals surface area contributed by atoms with Gasteiger partial charge in [0.15, 0.2) is 0 Å². The first-order valence-corrected chi connectivity index (χ1v) is 8.37. The van der Waals surface area contributed by atoms with Gasteiger partial charge in [-0.1, -0.05) is 18.5 Å². The van der Waals surface area contributed by atoms with Crippen LogP contribution in [0, 0.1) is 0 Å². The SMILES string of the molecule is CCSc1ccc(Cl)cc1C(=O)NC1CCC(O)CC1. The van der Waals surface area contributed by atoms with Crippen molar-refractivity contribution in [2.75, 3.05) is 5.75 Å². The number of carbonyl (C=O) groups is 1. The molecule has 3 nitrogen and oxygen atoms in total. The standard InChI is InChI=1S/C15H20ClNO2S/c1-2-20-14-8-3-10(16)9-13(14)15(19)17-11-4-6-12(18)7-5-11/h3,8-9,11-12,18H,2,4-7H2,1H3,(H,17,19). The summed E-state index contributed by atoms with van der Waals surface area (Å²) < 4.78 is 0. The maximum absolute atomic E-state index is 12.4. The molecule has 0 heterocycles. The number of amides is 1. The first-order chi connectivity index (χ1) is 9.60. The molecular formula is C15H20ClNO2S. The zero-order valence-corrected chi connectivity index (χ0v) is 13.1. The van der Waals surface area contributed by atoms with E-state index >= 15 is 0 Å². The second-order valence-corrected chi connectivity index (χ2v) is 6.79. The van der Waals surface area contributed by atoms with Crippen LogP contribution >= 0.6 is 23.4 Å². The predicted molar refractivity (Wildman–Crippen MR) is 83.6 cm³/mol. The van der Waals surface area contributed by atoms with Crippen LogP contribution in [0.4, 0.5) is 0 Å². The first kappa shape index (κ1) is 15.7. The molecule has 0 atom stereocenters. The third kappa shape index (κ3) is 4.14. The van der Waals surface area contributed by atoms with Gasteiger partial charge >= 0.3 is 0 Å². The molecule has 1 aliphatic carbocycles. The van der Waals surface area contributed by atoms with E-state index in [1.165, 1.54) is 0 Å². The van der Waals surface area contributed by atoms with E-state index in [0.29, 0.717) is 10.6 Å². The average molecular weight is 314 g/mol. The van der Waals surface area contributed by atoms with Gasteiger partial charge in [0.05, 0.1) is 11.7 Å². The highest BCUT2D eigenvalue weighted by atomic mass is 35.5. The van der Waals surface area contributed by atoms with Gasteiger partial charge in [-0.3, -0.25) is 4.79 Å². The lowest BCUT2D eigenvalue weighted by Crippen LogP contribution is -2.38. The minimum atomic E-state index is -0.208. The topological polar surface area (TPSA) is 49.3 Å². The molecule has 2 rings (SSSR count). The molecule has 1 aliphatic rings. The molecule has 0 bridgehead atoms. The number of benzene rings is 1. The van der Waals surface area contributed by atoms with Crippen molar-refractivity contribution in [3.8, 4) is 0 Å². The van der Waals surface area contributed by atoms with E-state index in [0.717, 1.165) is 36.3 Å². The Bertz CT molecular complexity index is 473. The minimum Gasteiger partial charge on any atom is -0.393 e. The molecule has 1 fully saturated rings. The average Bonchev–Trinajstić information content (AvgIpc) is 2.43. The largest absolute Gasteiger partial charge is 0.393 e. The van der Waals surface area contributed by atoms with Gasteiger partial charge in [0.25, 0.3) is 5.91 Å². The molecule has 0 radical (unpaired) electrons. The molecule has 1 saturated carbocycles. The van der Waals surface area contributed by atoms with E-state index in [2.05, 4.69) is 12.2 Å². The maximum atomic E-state index is 12.4. The molecule has 0 aromatic heterocycles. The fraction of sp³-hybridized carbons (Fsp3) is 0.533. The summed E-state index contributed by atoms with van der Waals surface area (Å²) in [6, 6.07) is 5.60. The van der Waals surface area contributed by atoms with Crippen molar-refractivity contribution in [2.45, 2.75) is 49.6 Å². The number of nitrogens with one attached hydrogen (secondary N) is 1. The summed E-state index contributed by atoms with van der Waals surface area (Å²) in [5.41, 5.74) is 0.649. The molecule has 2 N–H and O–H groups in total. The van der Waals surface area contributed by atoms with Gasteiger partial charge in [-0.15, -0.1) is 11.8 Å². The molecule has 1 aromatic rings. The van der Waals surface area contributed by atoms with Gasteiger partial charge in [-0.25, -0.2) is 0 Å². The summed E-state index contributed by atoms with van der Waals surface area (Å²) in [5, 5.41) is 13.1. The monoisotopic (exact) mass is 313 g/mol. The van der Waals surface area contributed by atoms with Gasteiger partial charge in [0.1, 0.15) is 0 Å². The number of aliphatic hydroxyl groups is 1. The van der Waals surface area contributed by atoms with Crippen molar-refractivity contribution in [3.05, 3.63) is 28.8 Å². The fourth-order valence-electron chi connectivity index (χ4n) is 2.44. The van der Waals surface area contributed by atoms with Gasteiger partial charge < -0.3 is 10.4 Å². The van der Waals surface area contributed by atoms with Crippen molar-refractivity contribution in [1.82, 2.24) is 5.32 Å². The molecule has 1 aromatic carbocycles. The zero-order valence-electron chi connectivity index (χ0n) is 11.6. The normalized spacial score (nSPS) is 22.6. The molecule has 0 spiro atoms. The van der Waals surface area contributed by atoms with Crippen molar-refractivity contribution < 1.29 is 9.90 Å². The molecular weight excluding hydrogens is 294 g/mol. The van der Waals surface area contributed by atoms with Gasteiger partial charge in [0, 0.05) is 16.0 Å². The summed E-state index contributed by atoms with van der Waals surface area (Å²) in [5.74, 6) is 0.849. The summed E-state index contributed by atoms with van der Waals surface area (Å²) in [4.78, 5) is 13.4. The van der Waals surface area contributed by atoms with Crippen LogP contribution in [0.25, 0.3) is 0 Å². The Hall–Kier alpha value is -0.710. The number of hydrogen-bond donors (Lipinski definition) is 2. The lowest BCUT2D eigenvalue weighted by atomic mass is 9.93. The van der Waals surface area contributed by atoms with E-state index < -0.39 is 0 Å². The zero-order chi connectivity index (χ0) is 14.5. The van der Waals surface area contributed by atoms with Crippen LogP contribution in [0.5, 0.6) is 0 Å². The molecule has 20 heavy (non-hydrogen) atoms. The van der Waals surface area contributed by atoms with Crippen LogP contribution in [0.3, 0.4) is 0 Å². The maximum Gasteiger partial charge on any atom is 0.252 e. The van der Waals surface area contributed by atoms with Crippen LogP contribution in [0.2, 0.25) is 5.02 Å². The van der Waals surface area contributed by atoms with Crippen molar-refractivity contribution in [3.63, 3.8) is 0 Å². The van der Waals surface area contributed by atoms with Gasteiger partial charge in [-0.2, -0.15) is 0 Å². The quantitative estimate of drug-likeness (QED) is 0.837. The summed E-state index contributed by atoms with van der Waals surface area (Å²) in [6.07, 6.45) is 2.99. The smallest absolute Gasteiger partial charge is 0.252 e. The Labute approximate surface area is 129 Å². The highest BCUT2D eigenvalue weighted by molar-refractivity contribution is 7.99. The summed E-state index contributed by atoms with van der Waals surface area (Å²) >= 11 is 7.64. The van der Waals surface area contributed by atoms with Crippen LogP contribution in [-0.2, 0) is 0 Å². The highest BCUT2D eigenvalue weighted by Crippen LogP contribution is 2.26. The number of rotatable bonds is 4. The van der Waals surface area contributed by atoms with Crippen LogP contribution in [0.1, 0.15) is 43.0 Å². The Kier molecular flexibility index (Phi) is 5.75. The molecule has 1 amide bonds. The van der Waals surface area contributed by atoms with Crippen molar-refractivity contribution in [1.29, 1.82) is 0 Å². The number of thioether (sulfide) groups is 1. The van der Waals surface area contributed by atoms with Crippen molar-refractivity contribution >= 4 is 29.3 Å². The molecule has 0 aliphatic heterocycles. The minimum absolute atomic E-state index is 0.0650. The molecule has 0 saturated heterocycles. The van der Waals surface area contributed by atoms with E-state index in [9.17, 15) is 9.90 Å². The molecule has 110 valence electrons. The second-order valence-electron chi connectivity index (χ2n) is 5.05. The van der Waals surface area contributed by atoms with Crippen LogP contribution in [-0.4, -0.2) is 28.9 Å². The van der Waals surface area contributed by atoms with E-state index in [4.69, 9.17) is 11.6 Å². The van der Waals surface area contributed by atoms with Gasteiger partial charge in [0.2, 0.25) is 0 Å². The van der Waals surface area contributed by atoms with Crippen LogP contribution < -0.4 is 5.32 Å². The molecule has 5 heteroatoms. The number of halogens is 1. The third-order valence-corrected chi connectivity index (χ3v) is 4.71. The highest BCUT2D eigenvalue weighted by Gasteiger charge is 2.22. The van der Waals surface area contributed by atoms with E-state index in [1.54, 1.807) is 17.8 Å². The first-order valence-electron chi connectivity index (χ1n) is 7.01.